The molecule has 32 heavy (non-hydrogen) atoms. The van der Waals surface area contributed by atoms with Gasteiger partial charge in [0.25, 0.3) is 5.91 Å². The number of carbonyl (C=O) groups excluding carboxylic acids is 2. The van der Waals surface area contributed by atoms with Crippen LogP contribution in [-0.4, -0.2) is 38.3 Å². The Morgan fingerprint density at radius 3 is 2.31 bits per heavy atom. The van der Waals surface area contributed by atoms with E-state index in [0.717, 1.165) is 23.9 Å². The predicted octanol–water partition coefficient (Wildman–Crippen LogP) is 5.05. The Balaban J connectivity index is 1.88. The van der Waals surface area contributed by atoms with Crippen LogP contribution in [0.15, 0.2) is 48.5 Å². The molecule has 0 saturated carbocycles. The third-order valence-electron chi connectivity index (χ3n) is 5.97. The van der Waals surface area contributed by atoms with E-state index < -0.39 is 0 Å². The minimum Gasteiger partial charge on any atom is -0.345 e. The lowest BCUT2D eigenvalue weighted by Gasteiger charge is -2.34. The molecular weight excluding hydrogens is 424 g/mol. The van der Waals surface area contributed by atoms with Gasteiger partial charge in [-0.25, -0.2) is 4.98 Å². The van der Waals surface area contributed by atoms with Crippen LogP contribution in [0.25, 0.3) is 11.0 Å². The first-order valence-electron chi connectivity index (χ1n) is 11.1. The van der Waals surface area contributed by atoms with Crippen molar-refractivity contribution >= 4 is 34.4 Å². The highest BCUT2D eigenvalue weighted by molar-refractivity contribution is 6.33. The van der Waals surface area contributed by atoms with Crippen LogP contribution in [0.5, 0.6) is 0 Å². The van der Waals surface area contributed by atoms with E-state index in [1.165, 1.54) is 0 Å². The first-order valence-corrected chi connectivity index (χ1v) is 11.5. The molecule has 2 unspecified atom stereocenters. The van der Waals surface area contributed by atoms with Gasteiger partial charge in [0.05, 0.1) is 28.2 Å². The topological polar surface area (TPSA) is 67.2 Å². The Hall–Kier alpha value is -2.86. The number of amides is 2. The molecule has 0 radical (unpaired) electrons. The summed E-state index contributed by atoms with van der Waals surface area (Å²) in [5, 5.41) is 3.29. The number of hydrogen-bond acceptors (Lipinski definition) is 3. The standard InChI is InChI=1S/C25H31ClN4O2/c1-5-17(3)30(18(4)6-2)24(31)16-29-22-14-10-9-13-21(22)28-23(29)15-27-25(32)19-11-7-8-12-20(19)26/h7-14,17-18H,5-6,15-16H2,1-4H3,(H,27,32). The maximum atomic E-state index is 13.4. The summed E-state index contributed by atoms with van der Waals surface area (Å²) in [6.45, 7) is 8.72. The van der Waals surface area contributed by atoms with Crippen LogP contribution in [-0.2, 0) is 17.9 Å². The van der Waals surface area contributed by atoms with E-state index in [1.54, 1.807) is 24.3 Å². The van der Waals surface area contributed by atoms with Gasteiger partial charge in [0.15, 0.2) is 0 Å². The number of fused-ring (bicyclic) bond motifs is 1. The summed E-state index contributed by atoms with van der Waals surface area (Å²) in [5.41, 5.74) is 2.07. The zero-order valence-corrected chi connectivity index (χ0v) is 19.9. The number of para-hydroxylation sites is 2. The summed E-state index contributed by atoms with van der Waals surface area (Å²) < 4.78 is 1.91. The molecule has 1 heterocycles. The van der Waals surface area contributed by atoms with Gasteiger partial charge in [-0.2, -0.15) is 0 Å². The summed E-state index contributed by atoms with van der Waals surface area (Å²) in [6.07, 6.45) is 1.78. The van der Waals surface area contributed by atoms with Crippen LogP contribution in [0, 0.1) is 0 Å². The number of benzene rings is 2. The number of imidazole rings is 1. The van der Waals surface area contributed by atoms with Crippen LogP contribution in [0.3, 0.4) is 0 Å². The van der Waals surface area contributed by atoms with E-state index in [0.29, 0.717) is 16.4 Å². The molecule has 0 aliphatic rings. The number of aromatic nitrogens is 2. The highest BCUT2D eigenvalue weighted by atomic mass is 35.5. The maximum Gasteiger partial charge on any atom is 0.253 e. The first kappa shape index (κ1) is 23.8. The zero-order valence-electron chi connectivity index (χ0n) is 19.1. The molecule has 1 aromatic heterocycles. The Kier molecular flexibility index (Phi) is 7.91. The number of carbonyl (C=O) groups is 2. The monoisotopic (exact) mass is 454 g/mol. The van der Waals surface area contributed by atoms with Crippen molar-refractivity contribution in [3.63, 3.8) is 0 Å². The van der Waals surface area contributed by atoms with Crippen LogP contribution in [0.4, 0.5) is 0 Å². The lowest BCUT2D eigenvalue weighted by atomic mass is 10.1. The molecule has 0 bridgehead atoms. The molecule has 0 fully saturated rings. The van der Waals surface area contributed by atoms with Crippen molar-refractivity contribution < 1.29 is 9.59 Å². The number of nitrogens with one attached hydrogen (secondary N) is 1. The van der Waals surface area contributed by atoms with Crippen LogP contribution >= 0.6 is 11.6 Å². The smallest absolute Gasteiger partial charge is 0.253 e. The second kappa shape index (κ2) is 10.6. The molecule has 1 N–H and O–H groups in total. The summed E-state index contributed by atoms with van der Waals surface area (Å²) in [4.78, 5) is 32.7. The Bertz CT molecular complexity index is 1080. The second-order valence-electron chi connectivity index (χ2n) is 8.08. The Labute approximate surface area is 194 Å². The van der Waals surface area contributed by atoms with Crippen LogP contribution in [0.1, 0.15) is 56.7 Å². The van der Waals surface area contributed by atoms with E-state index >= 15 is 0 Å². The molecule has 0 aliphatic heterocycles. The third kappa shape index (κ3) is 5.13. The molecule has 0 spiro atoms. The number of halogens is 1. The molecule has 0 aliphatic carbocycles. The summed E-state index contributed by atoms with van der Waals surface area (Å²) in [7, 11) is 0. The number of hydrogen-bond donors (Lipinski definition) is 1. The molecule has 2 aromatic carbocycles. The van der Waals surface area contributed by atoms with Gasteiger partial charge in [-0.15, -0.1) is 0 Å². The van der Waals surface area contributed by atoms with Gasteiger partial charge >= 0.3 is 0 Å². The maximum absolute atomic E-state index is 13.4. The molecule has 7 heteroatoms. The normalized spacial score (nSPS) is 13.0. The van der Waals surface area contributed by atoms with Gasteiger partial charge in [0, 0.05) is 12.1 Å². The van der Waals surface area contributed by atoms with Gasteiger partial charge in [-0.1, -0.05) is 49.7 Å². The van der Waals surface area contributed by atoms with Gasteiger partial charge in [0.1, 0.15) is 12.4 Å². The van der Waals surface area contributed by atoms with Crippen molar-refractivity contribution in [3.05, 3.63) is 64.9 Å². The predicted molar refractivity (Wildman–Crippen MR) is 129 cm³/mol. The summed E-state index contributed by atoms with van der Waals surface area (Å²) in [6, 6.07) is 14.9. The van der Waals surface area contributed by atoms with E-state index in [-0.39, 0.29) is 37.0 Å². The number of nitrogens with zero attached hydrogens (tertiary/aromatic N) is 3. The van der Waals surface area contributed by atoms with Crippen molar-refractivity contribution in [2.45, 2.75) is 65.7 Å². The van der Waals surface area contributed by atoms with Crippen molar-refractivity contribution in [2.75, 3.05) is 0 Å². The van der Waals surface area contributed by atoms with Gasteiger partial charge in [-0.3, -0.25) is 9.59 Å². The second-order valence-corrected chi connectivity index (χ2v) is 8.49. The minimum atomic E-state index is -0.277. The van der Waals surface area contributed by atoms with Gasteiger partial charge in [-0.05, 0) is 51.0 Å². The van der Waals surface area contributed by atoms with Crippen molar-refractivity contribution in [3.8, 4) is 0 Å². The fourth-order valence-electron chi connectivity index (χ4n) is 3.87. The minimum absolute atomic E-state index is 0.0514. The van der Waals surface area contributed by atoms with E-state index in [9.17, 15) is 9.59 Å². The Morgan fingerprint density at radius 1 is 1.03 bits per heavy atom. The van der Waals surface area contributed by atoms with Gasteiger partial charge in [0.2, 0.25) is 5.91 Å². The molecule has 6 nitrogen and oxygen atoms in total. The van der Waals surface area contributed by atoms with E-state index in [4.69, 9.17) is 11.6 Å². The lowest BCUT2D eigenvalue weighted by Crippen LogP contribution is -2.46. The molecule has 0 saturated heterocycles. The molecule has 3 aromatic rings. The zero-order chi connectivity index (χ0) is 23.3. The van der Waals surface area contributed by atoms with Crippen molar-refractivity contribution in [1.29, 1.82) is 0 Å². The molecular formula is C25H31ClN4O2. The highest BCUT2D eigenvalue weighted by Gasteiger charge is 2.25. The van der Waals surface area contributed by atoms with Crippen molar-refractivity contribution in [2.24, 2.45) is 0 Å². The summed E-state index contributed by atoms with van der Waals surface area (Å²) >= 11 is 6.15. The number of rotatable bonds is 9. The molecule has 3 rings (SSSR count). The quantitative estimate of drug-likeness (QED) is 0.492. The van der Waals surface area contributed by atoms with Gasteiger partial charge < -0.3 is 14.8 Å². The SMILES string of the molecule is CCC(C)N(C(=O)Cn1c(CNC(=O)c2ccccc2Cl)nc2ccccc21)C(C)CC. The fraction of sp³-hybridized carbons (Fsp3) is 0.400. The van der Waals surface area contributed by atoms with Crippen molar-refractivity contribution in [1.82, 2.24) is 19.8 Å². The fourth-order valence-corrected chi connectivity index (χ4v) is 4.09. The molecule has 2 amide bonds. The average molecular weight is 455 g/mol. The summed E-state index contributed by atoms with van der Waals surface area (Å²) in [5.74, 6) is 0.408. The molecule has 2 atom stereocenters. The largest absolute Gasteiger partial charge is 0.345 e. The average Bonchev–Trinajstić information content (AvgIpc) is 3.14. The van der Waals surface area contributed by atoms with Crippen LogP contribution < -0.4 is 5.32 Å². The first-order chi connectivity index (χ1) is 15.4. The third-order valence-corrected chi connectivity index (χ3v) is 6.30. The van der Waals surface area contributed by atoms with E-state index in [2.05, 4.69) is 38.0 Å². The lowest BCUT2D eigenvalue weighted by molar-refractivity contribution is -0.136. The van der Waals surface area contributed by atoms with E-state index in [1.807, 2.05) is 33.7 Å². The van der Waals surface area contributed by atoms with Crippen LogP contribution in [0.2, 0.25) is 5.02 Å². The Morgan fingerprint density at radius 2 is 1.66 bits per heavy atom. The highest BCUT2D eigenvalue weighted by Crippen LogP contribution is 2.20. The molecule has 170 valence electrons.